The molecule has 0 bridgehead atoms. The van der Waals surface area contributed by atoms with Crippen LogP contribution in [0.4, 0.5) is 0 Å². The largest absolute Gasteiger partial charge is 0 e. The summed E-state index contributed by atoms with van der Waals surface area (Å²) in [4.78, 5) is 0. The standard InChI is InChI=1S/C14H22OSi.3CO.Cr/c1-6-9-13-10-7-8-11-14(13)12(2)15-16(3,4)5;3*1-2;/h6-8,10-12H,1,9H2,2-5H3;;;;. The Morgan fingerprint density at radius 2 is 1.52 bits per heavy atom. The third kappa shape index (κ3) is 15.6. The van der Waals surface area contributed by atoms with Gasteiger partial charge in [0, 0.05) is 17.4 Å². The minimum atomic E-state index is -1.47. The molecule has 1 unspecified atom stereocenters. The van der Waals surface area contributed by atoms with Crippen LogP contribution in [0.3, 0.4) is 0 Å². The van der Waals surface area contributed by atoms with Gasteiger partial charge < -0.3 is 4.43 Å². The van der Waals surface area contributed by atoms with E-state index < -0.39 is 8.32 Å². The van der Waals surface area contributed by atoms with Gasteiger partial charge >= 0.3 is 33.9 Å². The zero-order valence-corrected chi connectivity index (χ0v) is 16.2. The monoisotopic (exact) mass is 370 g/mol. The van der Waals surface area contributed by atoms with Gasteiger partial charge in [-0.05, 0) is 44.1 Å². The van der Waals surface area contributed by atoms with E-state index in [-0.39, 0.29) is 23.5 Å². The van der Waals surface area contributed by atoms with Crippen LogP contribution in [0.25, 0.3) is 0 Å². The van der Waals surface area contributed by atoms with Gasteiger partial charge in [-0.2, -0.15) is 0 Å². The second-order valence-electron chi connectivity index (χ2n) is 5.06. The molecule has 0 N–H and O–H groups in total. The van der Waals surface area contributed by atoms with Gasteiger partial charge in [0.1, 0.15) is 0 Å². The maximum absolute atomic E-state index is 7.50. The molecule has 0 saturated carbocycles. The average Bonchev–Trinajstić information content (AvgIpc) is 2.52. The van der Waals surface area contributed by atoms with Gasteiger partial charge in [0.25, 0.3) is 0 Å². The molecule has 0 spiro atoms. The minimum absolute atomic E-state index is 0. The van der Waals surface area contributed by atoms with Gasteiger partial charge in [-0.25, -0.2) is 0 Å². The quantitative estimate of drug-likeness (QED) is 0.331. The first-order valence-corrected chi connectivity index (χ1v) is 9.82. The SMILES string of the molecule is C=CCc1ccccc1C(C)O[Si](C)(C)C.[C-]#[O+].[C-]#[O+].[C-]#[O+].[Cr]. The summed E-state index contributed by atoms with van der Waals surface area (Å²) in [5.41, 5.74) is 2.62. The molecule has 23 heavy (non-hydrogen) atoms. The van der Waals surface area contributed by atoms with Gasteiger partial charge in [0.15, 0.2) is 8.32 Å². The predicted molar refractivity (Wildman–Crippen MR) is 85.0 cm³/mol. The van der Waals surface area contributed by atoms with Crippen LogP contribution in [-0.2, 0) is 42.2 Å². The number of hydrogen-bond donors (Lipinski definition) is 0. The fraction of sp³-hybridized carbons (Fsp3) is 0.353. The Balaban J connectivity index is -0.000000231. The first kappa shape index (κ1) is 29.8. The summed E-state index contributed by atoms with van der Waals surface area (Å²) >= 11 is 0. The first-order chi connectivity index (χ1) is 10.4. The Labute approximate surface area is 151 Å². The maximum Gasteiger partial charge on any atom is 0 e. The van der Waals surface area contributed by atoms with Gasteiger partial charge in [-0.15, -0.1) is 6.58 Å². The summed E-state index contributed by atoms with van der Waals surface area (Å²) in [5, 5.41) is 0. The van der Waals surface area contributed by atoms with E-state index in [4.69, 9.17) is 18.4 Å². The van der Waals surface area contributed by atoms with Crippen molar-refractivity contribution in [2.45, 2.75) is 39.1 Å². The van der Waals surface area contributed by atoms with E-state index >= 15 is 0 Å². The third-order valence-corrected chi connectivity index (χ3v) is 3.45. The van der Waals surface area contributed by atoms with E-state index in [0.717, 1.165) is 6.42 Å². The summed E-state index contributed by atoms with van der Waals surface area (Å²) in [7, 11) is -1.47. The predicted octanol–water partition coefficient (Wildman–Crippen LogP) is 4.21. The molecule has 0 aromatic heterocycles. The molecule has 0 radical (unpaired) electrons. The Bertz CT molecular complexity index is 461. The van der Waals surface area contributed by atoms with Gasteiger partial charge in [0.05, 0.1) is 6.10 Å². The molecule has 6 heteroatoms. The molecule has 0 aliphatic heterocycles. The molecule has 0 saturated heterocycles. The molecule has 1 aromatic carbocycles. The normalized spacial score (nSPS) is 9.65. The van der Waals surface area contributed by atoms with Crippen molar-refractivity contribution >= 4 is 8.32 Å². The fourth-order valence-corrected chi connectivity index (χ4v) is 3.05. The Morgan fingerprint density at radius 1 is 1.09 bits per heavy atom. The zero-order valence-electron chi connectivity index (χ0n) is 13.9. The Hall–Kier alpha value is -1.11. The van der Waals surface area contributed by atoms with Gasteiger partial charge in [-0.1, -0.05) is 30.3 Å². The van der Waals surface area contributed by atoms with Crippen molar-refractivity contribution in [3.63, 3.8) is 0 Å². The van der Waals surface area contributed by atoms with Gasteiger partial charge in [-0.3, -0.25) is 0 Å². The summed E-state index contributed by atoms with van der Waals surface area (Å²) in [6.07, 6.45) is 3.04. The van der Waals surface area contributed by atoms with E-state index in [0.29, 0.717) is 0 Å². The van der Waals surface area contributed by atoms with Crippen LogP contribution in [0.2, 0.25) is 19.6 Å². The minimum Gasteiger partial charge on any atom is 0 e. The van der Waals surface area contributed by atoms with Crippen LogP contribution in [0.5, 0.6) is 0 Å². The van der Waals surface area contributed by atoms with Crippen molar-refractivity contribution in [2.75, 3.05) is 0 Å². The van der Waals surface area contributed by atoms with Gasteiger partial charge in [0.2, 0.25) is 0 Å². The van der Waals surface area contributed by atoms with Crippen LogP contribution >= 0.6 is 0 Å². The molecule has 1 rings (SSSR count). The molecule has 0 amide bonds. The molecule has 0 fully saturated rings. The number of benzene rings is 1. The van der Waals surface area contributed by atoms with E-state index in [1.807, 2.05) is 6.08 Å². The van der Waals surface area contributed by atoms with E-state index in [1.54, 1.807) is 0 Å². The second kappa shape index (κ2) is 18.9. The summed E-state index contributed by atoms with van der Waals surface area (Å²) in [6, 6.07) is 8.46. The molecular formula is C17H22CrO4Si. The van der Waals surface area contributed by atoms with Crippen LogP contribution in [0, 0.1) is 20.0 Å². The van der Waals surface area contributed by atoms with Crippen molar-refractivity contribution in [1.29, 1.82) is 0 Å². The van der Waals surface area contributed by atoms with E-state index in [9.17, 15) is 0 Å². The van der Waals surface area contributed by atoms with Crippen molar-refractivity contribution in [3.8, 4) is 0 Å². The molecule has 0 aliphatic carbocycles. The molecule has 1 atom stereocenters. The average molecular weight is 370 g/mol. The van der Waals surface area contributed by atoms with Crippen LogP contribution in [0.1, 0.15) is 24.2 Å². The topological polar surface area (TPSA) is 68.9 Å². The van der Waals surface area contributed by atoms with E-state index in [2.05, 4.69) is 77.4 Å². The second-order valence-corrected chi connectivity index (χ2v) is 9.52. The van der Waals surface area contributed by atoms with Crippen molar-refractivity contribution in [3.05, 3.63) is 68.0 Å². The zero-order chi connectivity index (χ0) is 18.2. The maximum atomic E-state index is 7.50. The van der Waals surface area contributed by atoms with Crippen molar-refractivity contribution in [2.24, 2.45) is 0 Å². The molecule has 0 heterocycles. The number of hydrogen-bond acceptors (Lipinski definition) is 1. The van der Waals surface area contributed by atoms with E-state index in [1.165, 1.54) is 11.1 Å². The molecular weight excluding hydrogens is 348 g/mol. The smallest absolute Gasteiger partial charge is 0 e. The molecule has 4 nitrogen and oxygen atoms in total. The fourth-order valence-electron chi connectivity index (χ4n) is 1.87. The Kier molecular flexibility index (Phi) is 24.6. The van der Waals surface area contributed by atoms with Crippen LogP contribution in [-0.4, -0.2) is 8.32 Å². The summed E-state index contributed by atoms with van der Waals surface area (Å²) < 4.78 is 28.6. The van der Waals surface area contributed by atoms with Crippen molar-refractivity contribution < 1.29 is 35.7 Å². The van der Waals surface area contributed by atoms with Crippen LogP contribution < -0.4 is 0 Å². The van der Waals surface area contributed by atoms with Crippen molar-refractivity contribution in [1.82, 2.24) is 0 Å². The summed E-state index contributed by atoms with van der Waals surface area (Å²) in [5.74, 6) is 0. The molecule has 1 aromatic rings. The molecule has 124 valence electrons. The Morgan fingerprint density at radius 3 is 1.91 bits per heavy atom. The number of allylic oxidation sites excluding steroid dienone is 1. The third-order valence-electron chi connectivity index (χ3n) is 2.39. The summed E-state index contributed by atoms with van der Waals surface area (Å²) in [6.45, 7) is 26.1. The molecule has 0 aliphatic rings. The number of rotatable bonds is 5. The van der Waals surface area contributed by atoms with Crippen LogP contribution in [0.15, 0.2) is 36.9 Å². The first-order valence-electron chi connectivity index (χ1n) is 6.42.